The third-order valence-electron chi connectivity index (χ3n) is 4.62. The molecule has 3 atom stereocenters. The maximum absolute atomic E-state index is 12.4. The van der Waals surface area contributed by atoms with Gasteiger partial charge in [-0.15, -0.1) is 0 Å². The van der Waals surface area contributed by atoms with E-state index in [0.29, 0.717) is 18.0 Å². The van der Waals surface area contributed by atoms with Gasteiger partial charge in [-0.2, -0.15) is 0 Å². The molecule has 1 saturated carbocycles. The van der Waals surface area contributed by atoms with Gasteiger partial charge < -0.3 is 19.4 Å². The second-order valence-corrected chi connectivity index (χ2v) is 6.36. The van der Waals surface area contributed by atoms with Crippen molar-refractivity contribution in [3.05, 3.63) is 55.1 Å². The second kappa shape index (κ2) is 6.09. The third kappa shape index (κ3) is 2.90. The number of aliphatic hydroxyl groups excluding tert-OH is 1. The first kappa shape index (κ1) is 14.9. The molecule has 0 aliphatic heterocycles. The first-order valence-corrected chi connectivity index (χ1v) is 8.06. The number of hydrogen-bond acceptors (Lipinski definition) is 4. The van der Waals surface area contributed by atoms with Crippen molar-refractivity contribution in [1.29, 1.82) is 0 Å². The van der Waals surface area contributed by atoms with Crippen LogP contribution in [0.5, 0.6) is 0 Å². The van der Waals surface area contributed by atoms with Gasteiger partial charge in [-0.1, -0.05) is 0 Å². The fraction of sp³-hybridized carbons (Fsp3) is 0.353. The van der Waals surface area contributed by atoms with Gasteiger partial charge in [0.1, 0.15) is 5.69 Å². The predicted molar refractivity (Wildman–Crippen MR) is 87.4 cm³/mol. The number of carbonyl (C=O) groups excluding carboxylic acids is 1. The summed E-state index contributed by atoms with van der Waals surface area (Å²) in [6.07, 6.45) is 9.83. The molecule has 1 unspecified atom stereocenters. The van der Waals surface area contributed by atoms with Crippen LogP contribution in [0.15, 0.2) is 49.4 Å². The highest BCUT2D eigenvalue weighted by molar-refractivity contribution is 5.93. The van der Waals surface area contributed by atoms with Crippen molar-refractivity contribution in [2.24, 2.45) is 5.92 Å². The molecule has 1 aliphatic rings. The summed E-state index contributed by atoms with van der Waals surface area (Å²) in [6.45, 7) is 0.803. The lowest BCUT2D eigenvalue weighted by molar-refractivity contribution is 0.0868. The number of imidazole rings is 1. The van der Waals surface area contributed by atoms with Crippen molar-refractivity contribution in [3.63, 3.8) is 0 Å². The molecule has 24 heavy (non-hydrogen) atoms. The Bertz CT molecular complexity index is 842. The molecule has 1 aliphatic carbocycles. The number of rotatable bonds is 4. The molecular weight excluding hydrogens is 306 g/mol. The molecule has 124 valence electrons. The number of fused-ring (bicyclic) bond motifs is 1. The molecule has 1 fully saturated rings. The minimum atomic E-state index is -0.528. The molecule has 3 aromatic rings. The van der Waals surface area contributed by atoms with Gasteiger partial charge in [0.25, 0.3) is 5.91 Å². The molecule has 2 N–H and O–H groups in total. The van der Waals surface area contributed by atoms with Crippen LogP contribution in [0, 0.1) is 5.92 Å². The Balaban J connectivity index is 1.41. The van der Waals surface area contributed by atoms with E-state index in [1.165, 1.54) is 0 Å². The Kier molecular flexibility index (Phi) is 3.78. The molecule has 3 heterocycles. The highest BCUT2D eigenvalue weighted by atomic mass is 16.3. The highest BCUT2D eigenvalue weighted by Crippen LogP contribution is 2.27. The number of nitrogens with zero attached hydrogens (tertiary/aromatic N) is 4. The number of aliphatic hydroxyl groups is 1. The quantitative estimate of drug-likeness (QED) is 0.752. The zero-order valence-electron chi connectivity index (χ0n) is 13.1. The average molecular weight is 325 g/mol. The molecule has 0 aromatic carbocycles. The van der Waals surface area contributed by atoms with Gasteiger partial charge in [0, 0.05) is 30.7 Å². The summed E-state index contributed by atoms with van der Waals surface area (Å²) in [7, 11) is 0. The number of hydrogen-bond donors (Lipinski definition) is 2. The maximum Gasteiger partial charge on any atom is 0.270 e. The number of aromatic nitrogens is 4. The molecule has 0 saturated heterocycles. The van der Waals surface area contributed by atoms with Crippen LogP contribution >= 0.6 is 0 Å². The minimum Gasteiger partial charge on any atom is -0.391 e. The van der Waals surface area contributed by atoms with Crippen LogP contribution in [0.1, 0.15) is 23.3 Å². The van der Waals surface area contributed by atoms with Crippen LogP contribution < -0.4 is 5.32 Å². The van der Waals surface area contributed by atoms with Gasteiger partial charge in [-0.3, -0.25) is 4.79 Å². The molecule has 1 amide bonds. The van der Waals surface area contributed by atoms with Crippen molar-refractivity contribution >= 4 is 11.4 Å². The van der Waals surface area contributed by atoms with Crippen LogP contribution in [-0.2, 0) is 6.54 Å². The lowest BCUT2D eigenvalue weighted by Crippen LogP contribution is -2.40. The van der Waals surface area contributed by atoms with Crippen molar-refractivity contribution in [1.82, 2.24) is 24.3 Å². The minimum absolute atomic E-state index is 0.240. The summed E-state index contributed by atoms with van der Waals surface area (Å²) >= 11 is 0. The summed E-state index contributed by atoms with van der Waals surface area (Å²) in [6, 6.07) is 5.33. The lowest BCUT2D eigenvalue weighted by atomic mass is 10.1. The van der Waals surface area contributed by atoms with E-state index < -0.39 is 6.10 Å². The predicted octanol–water partition coefficient (Wildman–Crippen LogP) is 1.10. The summed E-state index contributed by atoms with van der Waals surface area (Å²) in [4.78, 5) is 20.6. The number of amides is 1. The molecule has 0 bridgehead atoms. The van der Waals surface area contributed by atoms with Gasteiger partial charge in [0.15, 0.2) is 0 Å². The summed E-state index contributed by atoms with van der Waals surface area (Å²) in [5.41, 5.74) is 1.28. The van der Waals surface area contributed by atoms with Crippen LogP contribution in [-0.4, -0.2) is 42.1 Å². The summed E-state index contributed by atoms with van der Waals surface area (Å²) < 4.78 is 3.85. The molecule has 7 heteroatoms. The Morgan fingerprint density at radius 2 is 2.25 bits per heavy atom. The molecular formula is C17H19N5O2. The molecule has 0 spiro atoms. The Labute approximate surface area is 139 Å². The molecule has 4 rings (SSSR count). The lowest BCUT2D eigenvalue weighted by Gasteiger charge is -2.16. The van der Waals surface area contributed by atoms with Gasteiger partial charge in [0.05, 0.1) is 24.8 Å². The summed E-state index contributed by atoms with van der Waals surface area (Å²) in [5, 5.41) is 13.2. The largest absolute Gasteiger partial charge is 0.391 e. The van der Waals surface area contributed by atoms with E-state index in [1.54, 1.807) is 24.9 Å². The van der Waals surface area contributed by atoms with Crippen LogP contribution in [0.2, 0.25) is 0 Å². The van der Waals surface area contributed by atoms with E-state index in [4.69, 9.17) is 0 Å². The van der Waals surface area contributed by atoms with Gasteiger partial charge in [-0.05, 0) is 37.0 Å². The number of nitrogens with one attached hydrogen (secondary N) is 1. The third-order valence-corrected chi connectivity index (χ3v) is 4.62. The topological polar surface area (TPSA) is 84.5 Å². The molecule has 3 aromatic heterocycles. The monoisotopic (exact) mass is 325 g/mol. The zero-order chi connectivity index (χ0) is 16.5. The van der Waals surface area contributed by atoms with Crippen LogP contribution in [0.4, 0.5) is 0 Å². The first-order chi connectivity index (χ1) is 11.7. The van der Waals surface area contributed by atoms with Gasteiger partial charge in [-0.25, -0.2) is 9.97 Å². The van der Waals surface area contributed by atoms with E-state index in [-0.39, 0.29) is 11.9 Å². The van der Waals surface area contributed by atoms with E-state index in [9.17, 15) is 9.90 Å². The van der Waals surface area contributed by atoms with E-state index >= 15 is 0 Å². The fourth-order valence-corrected chi connectivity index (χ4v) is 3.42. The number of carbonyl (C=O) groups is 1. The van der Waals surface area contributed by atoms with Gasteiger partial charge in [0.2, 0.25) is 0 Å². The molecule has 7 nitrogen and oxygen atoms in total. The Hall–Kier alpha value is -2.67. The second-order valence-electron chi connectivity index (χ2n) is 6.36. The van der Waals surface area contributed by atoms with Gasteiger partial charge >= 0.3 is 0 Å². The zero-order valence-corrected chi connectivity index (χ0v) is 13.1. The van der Waals surface area contributed by atoms with Crippen LogP contribution in [0.25, 0.3) is 5.52 Å². The smallest absolute Gasteiger partial charge is 0.270 e. The highest BCUT2D eigenvalue weighted by Gasteiger charge is 2.34. The average Bonchev–Trinajstić information content (AvgIpc) is 3.29. The Morgan fingerprint density at radius 1 is 1.33 bits per heavy atom. The van der Waals surface area contributed by atoms with Crippen molar-refractivity contribution in [3.8, 4) is 0 Å². The fourth-order valence-electron chi connectivity index (χ4n) is 3.42. The van der Waals surface area contributed by atoms with Crippen molar-refractivity contribution < 1.29 is 9.90 Å². The van der Waals surface area contributed by atoms with E-state index in [0.717, 1.165) is 18.5 Å². The first-order valence-electron chi connectivity index (χ1n) is 8.06. The van der Waals surface area contributed by atoms with E-state index in [2.05, 4.69) is 15.3 Å². The summed E-state index contributed by atoms with van der Waals surface area (Å²) in [5.74, 6) is 0.0756. The van der Waals surface area contributed by atoms with E-state index in [1.807, 2.05) is 33.5 Å². The normalized spacial score (nSPS) is 23.6. The van der Waals surface area contributed by atoms with Crippen molar-refractivity contribution in [2.75, 3.05) is 0 Å². The van der Waals surface area contributed by atoms with Crippen molar-refractivity contribution in [2.45, 2.75) is 31.5 Å². The van der Waals surface area contributed by atoms with Crippen LogP contribution in [0.3, 0.4) is 0 Å². The Morgan fingerprint density at radius 3 is 3.08 bits per heavy atom. The standard InChI is InChI=1S/C17H19N5O2/c23-16-7-12(9-21-5-3-18-10-21)6-14(16)20-17(24)15-8-13-2-1-4-22(13)11-19-15/h1-5,8,10-12,14,16,23H,6-7,9H2,(H,20,24)/t12?,14-,16-/m1/s1. The maximum atomic E-state index is 12.4. The molecule has 0 radical (unpaired) electrons. The SMILES string of the molecule is O=C(N[C@@H]1CC(Cn2ccnc2)C[C@H]1O)c1cc2cccn2cn1.